The first-order valence-corrected chi connectivity index (χ1v) is 4.74. The maximum Gasteiger partial charge on any atom is 0.272 e. The number of benzene rings is 1. The second kappa shape index (κ2) is 5.43. The molecule has 1 aromatic rings. The third-order valence-corrected chi connectivity index (χ3v) is 2.12. The molecule has 0 bridgehead atoms. The lowest BCUT2D eigenvalue weighted by atomic mass is 10.1. The predicted molar refractivity (Wildman–Crippen MR) is 56.3 cm³/mol. The minimum Gasteiger partial charge on any atom is -0.302 e. The van der Waals surface area contributed by atoms with Crippen molar-refractivity contribution in [3.05, 3.63) is 39.4 Å². The van der Waals surface area contributed by atoms with Crippen LogP contribution in [0.1, 0.15) is 18.1 Å². The molecule has 0 saturated heterocycles. The van der Waals surface area contributed by atoms with Crippen molar-refractivity contribution in [1.29, 1.82) is 0 Å². The molecule has 0 spiro atoms. The molecule has 0 amide bonds. The molecular formula is C10H14N2O3. The van der Waals surface area contributed by atoms with Gasteiger partial charge in [0.15, 0.2) is 0 Å². The summed E-state index contributed by atoms with van der Waals surface area (Å²) in [6.07, 6.45) is 0. The monoisotopic (exact) mass is 210 g/mol. The molecule has 0 atom stereocenters. The van der Waals surface area contributed by atoms with Crippen LogP contribution >= 0.6 is 0 Å². The number of rotatable bonds is 5. The van der Waals surface area contributed by atoms with E-state index in [0.717, 1.165) is 5.56 Å². The van der Waals surface area contributed by atoms with Crippen molar-refractivity contribution in [3.63, 3.8) is 0 Å². The van der Waals surface area contributed by atoms with E-state index in [1.165, 1.54) is 6.07 Å². The minimum atomic E-state index is -0.375. The van der Waals surface area contributed by atoms with E-state index in [0.29, 0.717) is 18.7 Å². The lowest BCUT2D eigenvalue weighted by Gasteiger charge is -2.07. The van der Waals surface area contributed by atoms with E-state index in [1.54, 1.807) is 13.0 Å². The first kappa shape index (κ1) is 11.6. The van der Waals surface area contributed by atoms with Gasteiger partial charge in [-0.2, -0.15) is 5.48 Å². The van der Waals surface area contributed by atoms with Gasteiger partial charge in [0.1, 0.15) is 0 Å². The van der Waals surface area contributed by atoms with Crippen molar-refractivity contribution in [1.82, 2.24) is 5.48 Å². The Balaban J connectivity index is 2.80. The molecular weight excluding hydrogens is 196 g/mol. The number of hydrogen-bond acceptors (Lipinski definition) is 4. The van der Waals surface area contributed by atoms with Gasteiger partial charge in [-0.1, -0.05) is 12.1 Å². The zero-order valence-corrected chi connectivity index (χ0v) is 8.82. The van der Waals surface area contributed by atoms with Gasteiger partial charge in [-0.05, 0) is 19.4 Å². The molecule has 1 aromatic carbocycles. The highest BCUT2D eigenvalue weighted by molar-refractivity contribution is 5.44. The molecule has 0 aliphatic rings. The Morgan fingerprint density at radius 1 is 1.53 bits per heavy atom. The van der Waals surface area contributed by atoms with Crippen molar-refractivity contribution in [2.45, 2.75) is 20.4 Å². The lowest BCUT2D eigenvalue weighted by Crippen LogP contribution is -2.14. The van der Waals surface area contributed by atoms with E-state index < -0.39 is 0 Å². The summed E-state index contributed by atoms with van der Waals surface area (Å²) in [5.41, 5.74) is 4.43. The lowest BCUT2D eigenvalue weighted by molar-refractivity contribution is -0.385. The summed E-state index contributed by atoms with van der Waals surface area (Å²) in [6, 6.07) is 5.02. The van der Waals surface area contributed by atoms with E-state index in [4.69, 9.17) is 4.84 Å². The first-order valence-electron chi connectivity index (χ1n) is 4.74. The molecule has 0 unspecified atom stereocenters. The Kier molecular flexibility index (Phi) is 4.20. The van der Waals surface area contributed by atoms with Gasteiger partial charge in [0.05, 0.1) is 11.5 Å². The quantitative estimate of drug-likeness (QED) is 0.458. The van der Waals surface area contributed by atoms with E-state index in [2.05, 4.69) is 5.48 Å². The maximum atomic E-state index is 10.7. The second-order valence-electron chi connectivity index (χ2n) is 3.07. The Labute approximate surface area is 88.2 Å². The van der Waals surface area contributed by atoms with Crippen LogP contribution in [0.25, 0.3) is 0 Å². The van der Waals surface area contributed by atoms with E-state index >= 15 is 0 Å². The summed E-state index contributed by atoms with van der Waals surface area (Å²) in [6.45, 7) is 4.64. The predicted octanol–water partition coefficient (Wildman–Crippen LogP) is 1.94. The maximum absolute atomic E-state index is 10.7. The van der Waals surface area contributed by atoms with Crippen LogP contribution in [0.4, 0.5) is 5.69 Å². The highest BCUT2D eigenvalue weighted by Crippen LogP contribution is 2.20. The van der Waals surface area contributed by atoms with Crippen molar-refractivity contribution in [2.24, 2.45) is 0 Å². The minimum absolute atomic E-state index is 0.144. The highest BCUT2D eigenvalue weighted by Gasteiger charge is 2.12. The largest absolute Gasteiger partial charge is 0.302 e. The molecule has 5 heteroatoms. The van der Waals surface area contributed by atoms with Gasteiger partial charge in [0.25, 0.3) is 5.69 Å². The smallest absolute Gasteiger partial charge is 0.272 e. The van der Waals surface area contributed by atoms with Crippen LogP contribution in [-0.4, -0.2) is 11.5 Å². The van der Waals surface area contributed by atoms with Crippen molar-refractivity contribution in [2.75, 3.05) is 6.61 Å². The molecule has 0 aromatic heterocycles. The standard InChI is InChI=1S/C10H14N2O3/c1-3-15-11-7-9-5-4-6-10(8(9)2)12(13)14/h4-6,11H,3,7H2,1-2H3. The summed E-state index contributed by atoms with van der Waals surface area (Å²) in [5, 5.41) is 10.7. The van der Waals surface area contributed by atoms with Crippen LogP contribution in [-0.2, 0) is 11.4 Å². The summed E-state index contributed by atoms with van der Waals surface area (Å²) in [5.74, 6) is 0. The number of nitrogens with zero attached hydrogens (tertiary/aromatic N) is 1. The molecule has 0 aliphatic heterocycles. The van der Waals surface area contributed by atoms with Gasteiger partial charge >= 0.3 is 0 Å². The van der Waals surface area contributed by atoms with Gasteiger partial charge in [-0.15, -0.1) is 0 Å². The summed E-state index contributed by atoms with van der Waals surface area (Å²) in [4.78, 5) is 15.3. The zero-order valence-electron chi connectivity index (χ0n) is 8.82. The van der Waals surface area contributed by atoms with Gasteiger partial charge in [-0.25, -0.2) is 0 Å². The number of nitro groups is 1. The van der Waals surface area contributed by atoms with E-state index in [-0.39, 0.29) is 10.6 Å². The summed E-state index contributed by atoms with van der Waals surface area (Å²) in [7, 11) is 0. The molecule has 0 heterocycles. The number of hydroxylamine groups is 1. The first-order chi connectivity index (χ1) is 7.16. The van der Waals surface area contributed by atoms with Gasteiger partial charge in [-0.3, -0.25) is 10.1 Å². The van der Waals surface area contributed by atoms with Gasteiger partial charge < -0.3 is 4.84 Å². The van der Waals surface area contributed by atoms with Gasteiger partial charge in [0, 0.05) is 18.2 Å². The Morgan fingerprint density at radius 3 is 2.87 bits per heavy atom. The third-order valence-electron chi connectivity index (χ3n) is 2.12. The van der Waals surface area contributed by atoms with Crippen LogP contribution in [0.3, 0.4) is 0 Å². The molecule has 0 aliphatic carbocycles. The fourth-order valence-corrected chi connectivity index (χ4v) is 1.29. The molecule has 15 heavy (non-hydrogen) atoms. The fraction of sp³-hybridized carbons (Fsp3) is 0.400. The fourth-order valence-electron chi connectivity index (χ4n) is 1.29. The Morgan fingerprint density at radius 2 is 2.27 bits per heavy atom. The molecule has 5 nitrogen and oxygen atoms in total. The second-order valence-corrected chi connectivity index (χ2v) is 3.07. The molecule has 1 N–H and O–H groups in total. The summed E-state index contributed by atoms with van der Waals surface area (Å²) >= 11 is 0. The number of nitro benzene ring substituents is 1. The van der Waals surface area contributed by atoms with Crippen LogP contribution in [0.2, 0.25) is 0 Å². The zero-order chi connectivity index (χ0) is 11.3. The summed E-state index contributed by atoms with van der Waals surface area (Å²) < 4.78 is 0. The molecule has 0 radical (unpaired) electrons. The SMILES string of the molecule is CCONCc1cccc([N+](=O)[O-])c1C. The average molecular weight is 210 g/mol. The molecule has 0 fully saturated rings. The Hall–Kier alpha value is -1.46. The molecule has 1 rings (SSSR count). The molecule has 82 valence electrons. The van der Waals surface area contributed by atoms with Crippen molar-refractivity contribution >= 4 is 5.69 Å². The van der Waals surface area contributed by atoms with Crippen LogP contribution in [0, 0.1) is 17.0 Å². The third kappa shape index (κ3) is 3.00. The van der Waals surface area contributed by atoms with Crippen molar-refractivity contribution < 1.29 is 9.76 Å². The van der Waals surface area contributed by atoms with E-state index in [9.17, 15) is 10.1 Å². The van der Waals surface area contributed by atoms with Crippen molar-refractivity contribution in [3.8, 4) is 0 Å². The normalized spacial score (nSPS) is 10.3. The number of nitrogens with one attached hydrogen (secondary N) is 1. The van der Waals surface area contributed by atoms with Gasteiger partial charge in [0.2, 0.25) is 0 Å². The van der Waals surface area contributed by atoms with Crippen LogP contribution in [0.5, 0.6) is 0 Å². The number of hydrogen-bond donors (Lipinski definition) is 1. The Bertz CT molecular complexity index is 353. The molecule has 0 saturated carbocycles. The topological polar surface area (TPSA) is 64.4 Å². The van der Waals surface area contributed by atoms with Crippen LogP contribution in [0.15, 0.2) is 18.2 Å². The average Bonchev–Trinajstić information content (AvgIpc) is 2.20. The van der Waals surface area contributed by atoms with E-state index in [1.807, 2.05) is 13.0 Å². The highest BCUT2D eigenvalue weighted by atomic mass is 16.6. The van der Waals surface area contributed by atoms with Crippen LogP contribution < -0.4 is 5.48 Å².